The summed E-state index contributed by atoms with van der Waals surface area (Å²) in [4.78, 5) is 15.5. The van der Waals surface area contributed by atoms with Crippen LogP contribution in [0.15, 0.2) is 11.1 Å². The fourth-order valence-electron chi connectivity index (χ4n) is 1.75. The van der Waals surface area contributed by atoms with Gasteiger partial charge in [0.1, 0.15) is 5.03 Å². The van der Waals surface area contributed by atoms with Crippen LogP contribution >= 0.6 is 11.8 Å². The summed E-state index contributed by atoms with van der Waals surface area (Å²) in [5.74, 6) is -0.684. The van der Waals surface area contributed by atoms with Crippen LogP contribution < -0.4 is 0 Å². The Bertz CT molecular complexity index is 481. The Balaban J connectivity index is 2.60. The largest absolute Gasteiger partial charge is 0.478 e. The summed E-state index contributed by atoms with van der Waals surface area (Å²) in [5, 5.41) is 19.5. The molecule has 7 heteroatoms. The predicted molar refractivity (Wildman–Crippen MR) is 80.1 cm³/mol. The smallest absolute Gasteiger partial charge is 0.338 e. The molecule has 118 valence electrons. The van der Waals surface area contributed by atoms with Crippen molar-refractivity contribution < 1.29 is 24.5 Å². The van der Waals surface area contributed by atoms with E-state index in [1.54, 1.807) is 20.1 Å². The van der Waals surface area contributed by atoms with Gasteiger partial charge >= 0.3 is 5.97 Å². The molecule has 1 aromatic rings. The number of nitrogens with zero attached hydrogens (tertiary/aromatic N) is 1. The lowest BCUT2D eigenvalue weighted by Crippen LogP contribution is -2.20. The van der Waals surface area contributed by atoms with Gasteiger partial charge < -0.3 is 19.7 Å². The number of hydrogen-bond donors (Lipinski definition) is 2. The second-order valence-corrected chi connectivity index (χ2v) is 5.61. The minimum Gasteiger partial charge on any atom is -0.478 e. The molecule has 1 rings (SSSR count). The molecule has 21 heavy (non-hydrogen) atoms. The fourth-order valence-corrected chi connectivity index (χ4v) is 2.80. The first-order valence-electron chi connectivity index (χ1n) is 6.54. The number of aliphatic hydroxyl groups is 1. The molecule has 0 amide bonds. The predicted octanol–water partition coefficient (Wildman–Crippen LogP) is 1.51. The molecule has 0 aliphatic heterocycles. The van der Waals surface area contributed by atoms with Gasteiger partial charge in [0.15, 0.2) is 0 Å². The molecule has 1 unspecified atom stereocenters. The van der Waals surface area contributed by atoms with Gasteiger partial charge in [0, 0.05) is 18.6 Å². The Morgan fingerprint density at radius 3 is 2.76 bits per heavy atom. The number of hydrogen-bond acceptors (Lipinski definition) is 6. The summed E-state index contributed by atoms with van der Waals surface area (Å²) in [7, 11) is 1.58. The van der Waals surface area contributed by atoms with E-state index in [-0.39, 0.29) is 12.2 Å². The number of pyridine rings is 1. The van der Waals surface area contributed by atoms with Crippen molar-refractivity contribution in [3.63, 3.8) is 0 Å². The molecule has 6 nitrogen and oxygen atoms in total. The van der Waals surface area contributed by atoms with Crippen LogP contribution in [0.3, 0.4) is 0 Å². The second-order valence-electron chi connectivity index (χ2n) is 4.60. The Morgan fingerprint density at radius 2 is 2.14 bits per heavy atom. The Hall–Kier alpha value is -1.15. The van der Waals surface area contributed by atoms with Crippen LogP contribution in [-0.4, -0.2) is 60.0 Å². The third-order valence-electron chi connectivity index (χ3n) is 2.68. The molecule has 0 aromatic carbocycles. The van der Waals surface area contributed by atoms with E-state index in [2.05, 4.69) is 4.98 Å². The van der Waals surface area contributed by atoms with Gasteiger partial charge in [0.25, 0.3) is 0 Å². The first-order valence-corrected chi connectivity index (χ1v) is 7.53. The van der Waals surface area contributed by atoms with Gasteiger partial charge in [-0.3, -0.25) is 0 Å². The third kappa shape index (κ3) is 6.01. The lowest BCUT2D eigenvalue weighted by Gasteiger charge is -2.13. The van der Waals surface area contributed by atoms with E-state index in [9.17, 15) is 15.0 Å². The highest BCUT2D eigenvalue weighted by atomic mass is 32.2. The SMILES string of the molecule is COCCOCC(O)CSc1nc(C)cc(C)c1C(=O)O. The number of aromatic nitrogens is 1. The summed E-state index contributed by atoms with van der Waals surface area (Å²) < 4.78 is 10.1. The molecule has 0 saturated heterocycles. The molecular weight excluding hydrogens is 294 g/mol. The first kappa shape index (κ1) is 17.9. The van der Waals surface area contributed by atoms with Crippen LogP contribution in [0.25, 0.3) is 0 Å². The van der Waals surface area contributed by atoms with Crippen LogP contribution in [0.2, 0.25) is 0 Å². The van der Waals surface area contributed by atoms with E-state index in [1.165, 1.54) is 11.8 Å². The van der Waals surface area contributed by atoms with Gasteiger partial charge in [-0.15, -0.1) is 11.8 Å². The van der Waals surface area contributed by atoms with E-state index in [1.807, 2.05) is 6.92 Å². The molecule has 0 radical (unpaired) electrons. The van der Waals surface area contributed by atoms with Gasteiger partial charge in [0.2, 0.25) is 0 Å². The normalized spacial score (nSPS) is 12.4. The lowest BCUT2D eigenvalue weighted by atomic mass is 10.1. The Kier molecular flexibility index (Phi) is 7.66. The highest BCUT2D eigenvalue weighted by molar-refractivity contribution is 7.99. The molecule has 0 aliphatic rings. The molecule has 0 bridgehead atoms. The zero-order chi connectivity index (χ0) is 15.8. The highest BCUT2D eigenvalue weighted by Crippen LogP contribution is 2.25. The van der Waals surface area contributed by atoms with Crippen molar-refractivity contribution in [1.29, 1.82) is 0 Å². The average molecular weight is 315 g/mol. The summed E-state index contributed by atoms with van der Waals surface area (Å²) in [5.41, 5.74) is 1.62. The van der Waals surface area contributed by atoms with Crippen molar-refractivity contribution in [3.05, 3.63) is 22.9 Å². The number of aromatic carboxylic acids is 1. The number of aryl methyl sites for hydroxylation is 2. The number of aliphatic hydroxyl groups excluding tert-OH is 1. The monoisotopic (exact) mass is 315 g/mol. The molecule has 0 saturated carbocycles. The molecule has 1 heterocycles. The molecule has 2 N–H and O–H groups in total. The van der Waals surface area contributed by atoms with Crippen molar-refractivity contribution in [2.45, 2.75) is 25.0 Å². The van der Waals surface area contributed by atoms with E-state index >= 15 is 0 Å². The summed E-state index contributed by atoms with van der Waals surface area (Å²) in [6.45, 7) is 4.63. The summed E-state index contributed by atoms with van der Waals surface area (Å²) >= 11 is 1.22. The zero-order valence-electron chi connectivity index (χ0n) is 12.5. The van der Waals surface area contributed by atoms with Gasteiger partial charge in [-0.2, -0.15) is 0 Å². The van der Waals surface area contributed by atoms with Crippen LogP contribution in [0.5, 0.6) is 0 Å². The number of carboxylic acid groups (broad SMARTS) is 1. The van der Waals surface area contributed by atoms with Crippen LogP contribution in [0.1, 0.15) is 21.6 Å². The molecule has 0 fully saturated rings. The van der Waals surface area contributed by atoms with Crippen molar-refractivity contribution >= 4 is 17.7 Å². The number of rotatable bonds is 9. The molecular formula is C14H21NO5S. The quantitative estimate of drug-likeness (QED) is 0.527. The molecule has 1 aromatic heterocycles. The number of carboxylic acids is 1. The first-order chi connectivity index (χ1) is 9.95. The highest BCUT2D eigenvalue weighted by Gasteiger charge is 2.17. The third-order valence-corrected chi connectivity index (χ3v) is 3.80. The minimum atomic E-state index is -1.01. The van der Waals surface area contributed by atoms with E-state index in [0.29, 0.717) is 29.6 Å². The number of ether oxygens (including phenoxy) is 2. The van der Waals surface area contributed by atoms with E-state index in [4.69, 9.17) is 9.47 Å². The Morgan fingerprint density at radius 1 is 1.43 bits per heavy atom. The van der Waals surface area contributed by atoms with Gasteiger partial charge in [0.05, 0.1) is 31.5 Å². The topological polar surface area (TPSA) is 88.9 Å². The molecule has 0 aliphatic carbocycles. The molecule has 1 atom stereocenters. The Labute approximate surface area is 128 Å². The maximum Gasteiger partial charge on any atom is 0.338 e. The van der Waals surface area contributed by atoms with Gasteiger partial charge in [-0.25, -0.2) is 9.78 Å². The number of methoxy groups -OCH3 is 1. The fraction of sp³-hybridized carbons (Fsp3) is 0.571. The summed E-state index contributed by atoms with van der Waals surface area (Å²) in [6.07, 6.45) is -0.684. The maximum absolute atomic E-state index is 11.3. The van der Waals surface area contributed by atoms with Gasteiger partial charge in [-0.05, 0) is 25.5 Å². The van der Waals surface area contributed by atoms with Gasteiger partial charge in [-0.1, -0.05) is 0 Å². The van der Waals surface area contributed by atoms with E-state index in [0.717, 1.165) is 5.69 Å². The average Bonchev–Trinajstić information content (AvgIpc) is 2.40. The molecule has 0 spiro atoms. The van der Waals surface area contributed by atoms with Crippen molar-refractivity contribution in [2.24, 2.45) is 0 Å². The second kappa shape index (κ2) is 8.99. The minimum absolute atomic E-state index is 0.184. The van der Waals surface area contributed by atoms with Crippen LogP contribution in [0, 0.1) is 13.8 Å². The lowest BCUT2D eigenvalue weighted by molar-refractivity contribution is 0.0218. The van der Waals surface area contributed by atoms with Crippen molar-refractivity contribution in [1.82, 2.24) is 4.98 Å². The van der Waals surface area contributed by atoms with Crippen LogP contribution in [0.4, 0.5) is 0 Å². The standard InChI is InChI=1S/C14H21NO5S/c1-9-6-10(2)15-13(12(9)14(17)18)21-8-11(16)7-20-5-4-19-3/h6,11,16H,4-5,7-8H2,1-3H3,(H,17,18). The summed E-state index contributed by atoms with van der Waals surface area (Å²) in [6, 6.07) is 1.73. The number of carbonyl (C=O) groups is 1. The van der Waals surface area contributed by atoms with Crippen molar-refractivity contribution in [2.75, 3.05) is 32.7 Å². The van der Waals surface area contributed by atoms with E-state index < -0.39 is 12.1 Å². The van der Waals surface area contributed by atoms with Crippen LogP contribution in [-0.2, 0) is 9.47 Å². The maximum atomic E-state index is 11.3. The number of thioether (sulfide) groups is 1. The van der Waals surface area contributed by atoms with Crippen molar-refractivity contribution in [3.8, 4) is 0 Å². The zero-order valence-corrected chi connectivity index (χ0v) is 13.3.